The zero-order valence-electron chi connectivity index (χ0n) is 11.8. The monoisotopic (exact) mass is 265 g/mol. The molecule has 0 unspecified atom stereocenters. The van der Waals surface area contributed by atoms with Crippen LogP contribution in [0.2, 0.25) is 0 Å². The van der Waals surface area contributed by atoms with Crippen LogP contribution in [0.5, 0.6) is 0 Å². The molecule has 2 heteroatoms. The highest BCUT2D eigenvalue weighted by atomic mass is 16.1. The Morgan fingerprint density at radius 3 is 2.35 bits per heavy atom. The molecule has 0 radical (unpaired) electrons. The Kier molecular flexibility index (Phi) is 3.66. The number of likely N-dealkylation sites (tertiary alicyclic amines) is 1. The van der Waals surface area contributed by atoms with Gasteiger partial charge in [-0.25, -0.2) is 0 Å². The van der Waals surface area contributed by atoms with E-state index in [2.05, 4.69) is 17.0 Å². The van der Waals surface area contributed by atoms with Gasteiger partial charge in [-0.05, 0) is 37.6 Å². The van der Waals surface area contributed by atoms with Crippen molar-refractivity contribution in [3.63, 3.8) is 0 Å². The van der Waals surface area contributed by atoms with E-state index in [9.17, 15) is 4.79 Å². The molecule has 0 N–H and O–H groups in total. The lowest BCUT2D eigenvalue weighted by Crippen LogP contribution is -2.36. The number of carbonyl (C=O) groups excluding carboxylic acids is 1. The van der Waals surface area contributed by atoms with Gasteiger partial charge in [-0.2, -0.15) is 0 Å². The van der Waals surface area contributed by atoms with Gasteiger partial charge < -0.3 is 0 Å². The van der Waals surface area contributed by atoms with Crippen molar-refractivity contribution < 1.29 is 4.79 Å². The van der Waals surface area contributed by atoms with Crippen LogP contribution in [0.25, 0.3) is 0 Å². The topological polar surface area (TPSA) is 20.3 Å². The first-order valence-corrected chi connectivity index (χ1v) is 7.16. The molecule has 0 amide bonds. The number of carbonyl (C=O) groups is 1. The lowest BCUT2D eigenvalue weighted by molar-refractivity contribution is 0.103. The Balaban J connectivity index is 1.76. The molecule has 1 aliphatic rings. The minimum atomic E-state index is 0.110. The van der Waals surface area contributed by atoms with Gasteiger partial charge in [-0.1, -0.05) is 48.5 Å². The standard InChI is InChI=1S/C18H19NO/c1-14-5-2-3-6-17(14)18(20)16-9-7-15(8-10-16)13-19-11-4-12-19/h2-3,5-10H,4,11-13H2,1H3. The van der Waals surface area contributed by atoms with Crippen LogP contribution in [0.1, 0.15) is 33.5 Å². The first-order valence-electron chi connectivity index (χ1n) is 7.16. The summed E-state index contributed by atoms with van der Waals surface area (Å²) in [7, 11) is 0. The molecule has 0 saturated carbocycles. The van der Waals surface area contributed by atoms with Crippen molar-refractivity contribution in [2.75, 3.05) is 13.1 Å². The molecule has 0 aliphatic carbocycles. The highest BCUT2D eigenvalue weighted by Gasteiger charge is 2.14. The van der Waals surface area contributed by atoms with E-state index in [4.69, 9.17) is 0 Å². The molecule has 0 aromatic heterocycles. The Labute approximate surface area is 120 Å². The molecular formula is C18H19NO. The van der Waals surface area contributed by atoms with Crippen LogP contribution in [0.3, 0.4) is 0 Å². The SMILES string of the molecule is Cc1ccccc1C(=O)c1ccc(CN2CCC2)cc1. The molecule has 2 aromatic carbocycles. The number of aryl methyl sites for hydroxylation is 1. The van der Waals surface area contributed by atoms with E-state index in [1.165, 1.54) is 25.1 Å². The van der Waals surface area contributed by atoms with Gasteiger partial charge in [0, 0.05) is 17.7 Å². The quantitative estimate of drug-likeness (QED) is 0.789. The van der Waals surface area contributed by atoms with Crippen molar-refractivity contribution in [3.05, 3.63) is 70.8 Å². The number of benzene rings is 2. The molecular weight excluding hydrogens is 246 g/mol. The Morgan fingerprint density at radius 1 is 1.05 bits per heavy atom. The Hall–Kier alpha value is -1.93. The molecule has 2 aromatic rings. The molecule has 20 heavy (non-hydrogen) atoms. The number of hydrogen-bond donors (Lipinski definition) is 0. The number of rotatable bonds is 4. The zero-order chi connectivity index (χ0) is 13.9. The maximum Gasteiger partial charge on any atom is 0.193 e. The van der Waals surface area contributed by atoms with Gasteiger partial charge in [-0.3, -0.25) is 9.69 Å². The molecule has 1 saturated heterocycles. The molecule has 102 valence electrons. The van der Waals surface area contributed by atoms with E-state index < -0.39 is 0 Å². The number of ketones is 1. The van der Waals surface area contributed by atoms with E-state index in [1.54, 1.807) is 0 Å². The van der Waals surface area contributed by atoms with Gasteiger partial charge in [0.05, 0.1) is 0 Å². The second-order valence-electron chi connectivity index (χ2n) is 5.47. The molecule has 0 spiro atoms. The van der Waals surface area contributed by atoms with Crippen LogP contribution in [-0.2, 0) is 6.54 Å². The van der Waals surface area contributed by atoms with Gasteiger partial charge in [0.2, 0.25) is 0 Å². The van der Waals surface area contributed by atoms with Gasteiger partial charge in [0.15, 0.2) is 5.78 Å². The van der Waals surface area contributed by atoms with Crippen LogP contribution in [0, 0.1) is 6.92 Å². The summed E-state index contributed by atoms with van der Waals surface area (Å²) in [6.45, 7) is 5.37. The van der Waals surface area contributed by atoms with Gasteiger partial charge in [0.25, 0.3) is 0 Å². The summed E-state index contributed by atoms with van der Waals surface area (Å²) in [5.41, 5.74) is 3.88. The van der Waals surface area contributed by atoms with Crippen molar-refractivity contribution in [2.45, 2.75) is 19.9 Å². The summed E-state index contributed by atoms with van der Waals surface area (Å²) in [5, 5.41) is 0. The third kappa shape index (κ3) is 2.66. The van der Waals surface area contributed by atoms with E-state index in [1.807, 2.05) is 43.3 Å². The maximum atomic E-state index is 12.5. The fourth-order valence-electron chi connectivity index (χ4n) is 2.54. The Bertz CT molecular complexity index is 612. The lowest BCUT2D eigenvalue weighted by atomic mass is 9.98. The lowest BCUT2D eigenvalue weighted by Gasteiger charge is -2.30. The summed E-state index contributed by atoms with van der Waals surface area (Å²) < 4.78 is 0. The third-order valence-electron chi connectivity index (χ3n) is 3.96. The Morgan fingerprint density at radius 2 is 1.75 bits per heavy atom. The van der Waals surface area contributed by atoms with E-state index in [0.717, 1.165) is 23.2 Å². The maximum absolute atomic E-state index is 12.5. The minimum absolute atomic E-state index is 0.110. The summed E-state index contributed by atoms with van der Waals surface area (Å²) in [6.07, 6.45) is 1.31. The molecule has 1 heterocycles. The highest BCUT2D eigenvalue weighted by molar-refractivity contribution is 6.09. The van der Waals surface area contributed by atoms with Crippen molar-refractivity contribution >= 4 is 5.78 Å². The highest BCUT2D eigenvalue weighted by Crippen LogP contribution is 2.16. The first kappa shape index (κ1) is 13.1. The average Bonchev–Trinajstić information content (AvgIpc) is 2.43. The normalized spacial score (nSPS) is 14.8. The fraction of sp³-hybridized carbons (Fsp3) is 0.278. The average molecular weight is 265 g/mol. The van der Waals surface area contributed by atoms with Crippen LogP contribution >= 0.6 is 0 Å². The van der Waals surface area contributed by atoms with E-state index in [0.29, 0.717) is 0 Å². The van der Waals surface area contributed by atoms with Crippen molar-refractivity contribution in [1.82, 2.24) is 4.90 Å². The molecule has 1 fully saturated rings. The predicted molar refractivity (Wildman–Crippen MR) is 80.9 cm³/mol. The smallest absolute Gasteiger partial charge is 0.193 e. The first-order chi connectivity index (χ1) is 9.74. The zero-order valence-corrected chi connectivity index (χ0v) is 11.8. The largest absolute Gasteiger partial charge is 0.299 e. The molecule has 0 atom stereocenters. The number of nitrogens with zero attached hydrogens (tertiary/aromatic N) is 1. The minimum Gasteiger partial charge on any atom is -0.299 e. The molecule has 2 nitrogen and oxygen atoms in total. The molecule has 3 rings (SSSR count). The summed E-state index contributed by atoms with van der Waals surface area (Å²) in [5.74, 6) is 0.110. The summed E-state index contributed by atoms with van der Waals surface area (Å²) in [6, 6.07) is 15.8. The van der Waals surface area contributed by atoms with Gasteiger partial charge >= 0.3 is 0 Å². The fourth-order valence-corrected chi connectivity index (χ4v) is 2.54. The molecule has 0 bridgehead atoms. The second kappa shape index (κ2) is 5.59. The van der Waals surface area contributed by atoms with Crippen LogP contribution in [-0.4, -0.2) is 23.8 Å². The predicted octanol–water partition coefficient (Wildman–Crippen LogP) is 3.43. The van der Waals surface area contributed by atoms with Crippen LogP contribution in [0.15, 0.2) is 48.5 Å². The summed E-state index contributed by atoms with van der Waals surface area (Å²) in [4.78, 5) is 14.9. The van der Waals surface area contributed by atoms with Gasteiger partial charge in [-0.15, -0.1) is 0 Å². The number of hydrogen-bond acceptors (Lipinski definition) is 2. The third-order valence-corrected chi connectivity index (χ3v) is 3.96. The van der Waals surface area contributed by atoms with Crippen molar-refractivity contribution in [2.24, 2.45) is 0 Å². The second-order valence-corrected chi connectivity index (χ2v) is 5.47. The summed E-state index contributed by atoms with van der Waals surface area (Å²) >= 11 is 0. The molecule has 1 aliphatic heterocycles. The van der Waals surface area contributed by atoms with Crippen molar-refractivity contribution in [1.29, 1.82) is 0 Å². The van der Waals surface area contributed by atoms with E-state index >= 15 is 0 Å². The van der Waals surface area contributed by atoms with Crippen LogP contribution < -0.4 is 0 Å². The van der Waals surface area contributed by atoms with Crippen LogP contribution in [0.4, 0.5) is 0 Å². The van der Waals surface area contributed by atoms with Crippen molar-refractivity contribution in [3.8, 4) is 0 Å². The van der Waals surface area contributed by atoms with Gasteiger partial charge in [0.1, 0.15) is 0 Å². The van der Waals surface area contributed by atoms with E-state index in [-0.39, 0.29) is 5.78 Å².